The summed E-state index contributed by atoms with van der Waals surface area (Å²) in [5.41, 5.74) is 3.67. The van der Waals surface area contributed by atoms with E-state index in [-0.39, 0.29) is 0 Å². The molecule has 1 N–H and O–H groups in total. The SMILES string of the molecule is CNC(C)c1ccc(OC)c(CN(C)c2ccccc2)c1. The molecule has 0 aliphatic rings. The lowest BCUT2D eigenvalue weighted by Crippen LogP contribution is -2.18. The Bertz CT molecular complexity index is 569. The van der Waals surface area contributed by atoms with Crippen LogP contribution in [0.2, 0.25) is 0 Å². The van der Waals surface area contributed by atoms with Crippen LogP contribution in [-0.4, -0.2) is 21.2 Å². The summed E-state index contributed by atoms with van der Waals surface area (Å²) in [4.78, 5) is 2.23. The minimum Gasteiger partial charge on any atom is -0.496 e. The molecular weight excluding hydrogens is 260 g/mol. The third kappa shape index (κ3) is 3.76. The molecule has 0 fully saturated rings. The van der Waals surface area contributed by atoms with Crippen molar-refractivity contribution in [3.8, 4) is 5.75 Å². The lowest BCUT2D eigenvalue weighted by molar-refractivity contribution is 0.409. The summed E-state index contributed by atoms with van der Waals surface area (Å²) in [7, 11) is 5.80. The number of hydrogen-bond donors (Lipinski definition) is 1. The molecule has 0 aliphatic carbocycles. The molecular formula is C18H24N2O. The minimum absolute atomic E-state index is 0.330. The van der Waals surface area contributed by atoms with Gasteiger partial charge in [-0.25, -0.2) is 0 Å². The maximum atomic E-state index is 5.50. The molecule has 0 bridgehead atoms. The summed E-state index contributed by atoms with van der Waals surface area (Å²) in [6, 6.07) is 17.1. The Balaban J connectivity index is 2.25. The van der Waals surface area contributed by atoms with E-state index in [1.54, 1.807) is 7.11 Å². The fourth-order valence-electron chi connectivity index (χ4n) is 2.39. The van der Waals surface area contributed by atoms with Gasteiger partial charge in [0, 0.05) is 30.9 Å². The summed E-state index contributed by atoms with van der Waals surface area (Å²) < 4.78 is 5.50. The highest BCUT2D eigenvalue weighted by atomic mass is 16.5. The largest absolute Gasteiger partial charge is 0.496 e. The van der Waals surface area contributed by atoms with Crippen LogP contribution in [0.5, 0.6) is 5.75 Å². The van der Waals surface area contributed by atoms with Crippen LogP contribution < -0.4 is 15.0 Å². The third-order valence-electron chi connectivity index (χ3n) is 3.84. The van der Waals surface area contributed by atoms with Crippen LogP contribution in [0.3, 0.4) is 0 Å². The molecule has 3 heteroatoms. The second kappa shape index (κ2) is 7.14. The molecule has 3 nitrogen and oxygen atoms in total. The van der Waals surface area contributed by atoms with Crippen molar-refractivity contribution in [1.29, 1.82) is 0 Å². The lowest BCUT2D eigenvalue weighted by Gasteiger charge is -2.22. The molecule has 112 valence electrons. The highest BCUT2D eigenvalue weighted by molar-refractivity contribution is 5.48. The van der Waals surface area contributed by atoms with Gasteiger partial charge in [0.15, 0.2) is 0 Å². The number of para-hydroxylation sites is 1. The molecule has 1 atom stereocenters. The monoisotopic (exact) mass is 284 g/mol. The predicted molar refractivity (Wildman–Crippen MR) is 89.0 cm³/mol. The molecule has 2 rings (SSSR count). The van der Waals surface area contributed by atoms with Gasteiger partial charge < -0.3 is 15.0 Å². The Hall–Kier alpha value is -2.00. The quantitative estimate of drug-likeness (QED) is 0.877. The summed E-state index contributed by atoms with van der Waals surface area (Å²) >= 11 is 0. The van der Waals surface area contributed by atoms with Crippen molar-refractivity contribution in [1.82, 2.24) is 5.32 Å². The van der Waals surface area contributed by atoms with Gasteiger partial charge >= 0.3 is 0 Å². The topological polar surface area (TPSA) is 24.5 Å². The van der Waals surface area contributed by atoms with Gasteiger partial charge in [-0.05, 0) is 43.8 Å². The highest BCUT2D eigenvalue weighted by Crippen LogP contribution is 2.26. The van der Waals surface area contributed by atoms with Gasteiger partial charge in [-0.1, -0.05) is 24.3 Å². The van der Waals surface area contributed by atoms with E-state index >= 15 is 0 Å². The maximum absolute atomic E-state index is 5.50. The highest BCUT2D eigenvalue weighted by Gasteiger charge is 2.10. The second-order valence-corrected chi connectivity index (χ2v) is 5.27. The zero-order valence-electron chi connectivity index (χ0n) is 13.3. The number of nitrogens with one attached hydrogen (secondary N) is 1. The van der Waals surface area contributed by atoms with E-state index in [0.29, 0.717) is 6.04 Å². The minimum atomic E-state index is 0.330. The number of hydrogen-bond acceptors (Lipinski definition) is 3. The van der Waals surface area contributed by atoms with E-state index in [0.717, 1.165) is 12.3 Å². The van der Waals surface area contributed by atoms with E-state index in [1.807, 2.05) is 13.1 Å². The van der Waals surface area contributed by atoms with Gasteiger partial charge in [-0.3, -0.25) is 0 Å². The molecule has 2 aromatic carbocycles. The van der Waals surface area contributed by atoms with Crippen molar-refractivity contribution in [2.45, 2.75) is 19.5 Å². The summed E-state index contributed by atoms with van der Waals surface area (Å²) in [6.45, 7) is 2.98. The smallest absolute Gasteiger partial charge is 0.123 e. The van der Waals surface area contributed by atoms with Crippen LogP contribution in [0.15, 0.2) is 48.5 Å². The third-order valence-corrected chi connectivity index (χ3v) is 3.84. The lowest BCUT2D eigenvalue weighted by atomic mass is 10.0. The normalized spacial score (nSPS) is 12.0. The van der Waals surface area contributed by atoms with Crippen molar-refractivity contribution >= 4 is 5.69 Å². The first-order chi connectivity index (χ1) is 10.2. The molecule has 21 heavy (non-hydrogen) atoms. The van der Waals surface area contributed by atoms with E-state index in [1.165, 1.54) is 16.8 Å². The molecule has 0 radical (unpaired) electrons. The first-order valence-corrected chi connectivity index (χ1v) is 7.26. The van der Waals surface area contributed by atoms with E-state index in [9.17, 15) is 0 Å². The first-order valence-electron chi connectivity index (χ1n) is 7.26. The van der Waals surface area contributed by atoms with Gasteiger partial charge in [0.05, 0.1) is 7.11 Å². The molecule has 0 heterocycles. The van der Waals surface area contributed by atoms with E-state index in [4.69, 9.17) is 4.74 Å². The van der Waals surface area contributed by atoms with Crippen molar-refractivity contribution < 1.29 is 4.74 Å². The van der Waals surface area contributed by atoms with Gasteiger partial charge in [-0.15, -0.1) is 0 Å². The fraction of sp³-hybridized carbons (Fsp3) is 0.333. The molecule has 0 aliphatic heterocycles. The predicted octanol–water partition coefficient (Wildman–Crippen LogP) is 3.61. The van der Waals surface area contributed by atoms with Crippen LogP contribution in [-0.2, 0) is 6.54 Å². The maximum Gasteiger partial charge on any atom is 0.123 e. The summed E-state index contributed by atoms with van der Waals surface area (Å²) in [6.07, 6.45) is 0. The van der Waals surface area contributed by atoms with Crippen LogP contribution in [0, 0.1) is 0 Å². The van der Waals surface area contributed by atoms with Crippen molar-refractivity contribution in [3.63, 3.8) is 0 Å². The molecule has 0 saturated heterocycles. The second-order valence-electron chi connectivity index (χ2n) is 5.27. The van der Waals surface area contributed by atoms with Crippen molar-refractivity contribution in [2.75, 3.05) is 26.1 Å². The molecule has 0 aromatic heterocycles. The Morgan fingerprint density at radius 2 is 1.86 bits per heavy atom. The number of anilines is 1. The number of nitrogens with zero attached hydrogens (tertiary/aromatic N) is 1. The van der Waals surface area contributed by atoms with E-state index in [2.05, 4.69) is 66.7 Å². The Morgan fingerprint density at radius 1 is 1.14 bits per heavy atom. The van der Waals surface area contributed by atoms with Crippen molar-refractivity contribution in [3.05, 3.63) is 59.7 Å². The zero-order chi connectivity index (χ0) is 15.2. The van der Waals surface area contributed by atoms with Crippen LogP contribution in [0.1, 0.15) is 24.1 Å². The van der Waals surface area contributed by atoms with Gasteiger partial charge in [0.1, 0.15) is 5.75 Å². The number of ether oxygens (including phenoxy) is 1. The van der Waals surface area contributed by atoms with Gasteiger partial charge in [0.25, 0.3) is 0 Å². The average Bonchev–Trinajstić information content (AvgIpc) is 2.54. The standard InChI is InChI=1S/C18H24N2O/c1-14(19-2)15-10-11-18(21-4)16(12-15)13-20(3)17-8-6-5-7-9-17/h5-12,14,19H,13H2,1-4H3. The Kier molecular flexibility index (Phi) is 5.23. The van der Waals surface area contributed by atoms with Crippen LogP contribution in [0.4, 0.5) is 5.69 Å². The fourth-order valence-corrected chi connectivity index (χ4v) is 2.39. The molecule has 0 saturated carbocycles. The molecule has 2 aromatic rings. The number of methoxy groups -OCH3 is 1. The van der Waals surface area contributed by atoms with Gasteiger partial charge in [-0.2, -0.15) is 0 Å². The van der Waals surface area contributed by atoms with Crippen LogP contribution in [0.25, 0.3) is 0 Å². The molecule has 0 spiro atoms. The summed E-state index contributed by atoms with van der Waals surface area (Å²) in [5.74, 6) is 0.935. The molecule has 1 unspecified atom stereocenters. The Morgan fingerprint density at radius 3 is 2.48 bits per heavy atom. The zero-order valence-corrected chi connectivity index (χ0v) is 13.3. The molecule has 0 amide bonds. The first kappa shape index (κ1) is 15.4. The van der Waals surface area contributed by atoms with Gasteiger partial charge in [0.2, 0.25) is 0 Å². The number of benzene rings is 2. The average molecular weight is 284 g/mol. The Labute approximate surface area is 127 Å². The van der Waals surface area contributed by atoms with Crippen LogP contribution >= 0.6 is 0 Å². The van der Waals surface area contributed by atoms with E-state index < -0.39 is 0 Å². The number of rotatable bonds is 6. The summed E-state index contributed by atoms with van der Waals surface area (Å²) in [5, 5.41) is 3.28. The van der Waals surface area contributed by atoms with Crippen molar-refractivity contribution in [2.24, 2.45) is 0 Å².